The van der Waals surface area contributed by atoms with Crippen molar-refractivity contribution in [3.8, 4) is 0 Å². The average Bonchev–Trinajstić information content (AvgIpc) is 2.25. The van der Waals surface area contributed by atoms with Crippen molar-refractivity contribution < 1.29 is 4.79 Å². The summed E-state index contributed by atoms with van der Waals surface area (Å²) in [6.45, 7) is 9.26. The minimum absolute atomic E-state index is 0.0766. The van der Waals surface area contributed by atoms with E-state index >= 15 is 0 Å². The van der Waals surface area contributed by atoms with Gasteiger partial charge in [0.1, 0.15) is 0 Å². The van der Waals surface area contributed by atoms with Crippen LogP contribution in [-0.4, -0.2) is 12.5 Å². The zero-order valence-electron chi connectivity index (χ0n) is 11.2. The van der Waals surface area contributed by atoms with Crippen LogP contribution in [0, 0.1) is 11.3 Å². The predicted octanol–water partition coefficient (Wildman–Crippen LogP) is 4.51. The molecule has 0 fully saturated rings. The molecule has 0 radical (unpaired) electrons. The van der Waals surface area contributed by atoms with Crippen molar-refractivity contribution in [2.45, 2.75) is 27.7 Å². The second kappa shape index (κ2) is 6.07. The average molecular weight is 333 g/mol. The second-order valence-electron chi connectivity index (χ2n) is 5.45. The standard InChI is InChI=1S/C14H19BrClNO/c1-9(2)14(3,4)8-17-13(18)11-6-5-10(16)7-12(11)15/h5-7,9H,8H2,1-4H3,(H,17,18). The highest BCUT2D eigenvalue weighted by atomic mass is 79.9. The Kier molecular flexibility index (Phi) is 5.23. The number of amides is 1. The quantitative estimate of drug-likeness (QED) is 0.863. The summed E-state index contributed by atoms with van der Waals surface area (Å²) >= 11 is 9.20. The smallest absolute Gasteiger partial charge is 0.252 e. The van der Waals surface area contributed by atoms with Crippen molar-refractivity contribution in [1.29, 1.82) is 0 Å². The van der Waals surface area contributed by atoms with Gasteiger partial charge in [-0.15, -0.1) is 0 Å². The lowest BCUT2D eigenvalue weighted by Crippen LogP contribution is -2.37. The van der Waals surface area contributed by atoms with Crippen LogP contribution in [0.2, 0.25) is 5.02 Å². The molecule has 0 aromatic heterocycles. The normalized spacial score (nSPS) is 11.7. The summed E-state index contributed by atoms with van der Waals surface area (Å²) in [6, 6.07) is 5.17. The van der Waals surface area contributed by atoms with Crippen molar-refractivity contribution >= 4 is 33.4 Å². The van der Waals surface area contributed by atoms with E-state index in [1.165, 1.54) is 0 Å². The topological polar surface area (TPSA) is 29.1 Å². The predicted molar refractivity (Wildman–Crippen MR) is 80.1 cm³/mol. The van der Waals surface area contributed by atoms with Gasteiger partial charge in [-0.2, -0.15) is 0 Å². The Morgan fingerprint density at radius 1 is 1.44 bits per heavy atom. The number of nitrogens with one attached hydrogen (secondary N) is 1. The van der Waals surface area contributed by atoms with E-state index in [2.05, 4.69) is 48.9 Å². The molecule has 1 aromatic carbocycles. The van der Waals surface area contributed by atoms with Gasteiger partial charge in [-0.25, -0.2) is 0 Å². The third-order valence-electron chi connectivity index (χ3n) is 3.44. The summed E-state index contributed by atoms with van der Waals surface area (Å²) in [7, 11) is 0. The summed E-state index contributed by atoms with van der Waals surface area (Å²) in [6.07, 6.45) is 0. The fourth-order valence-electron chi connectivity index (χ4n) is 1.28. The van der Waals surface area contributed by atoms with Gasteiger partial charge in [0.25, 0.3) is 5.91 Å². The summed E-state index contributed by atoms with van der Waals surface area (Å²) < 4.78 is 0.717. The molecule has 0 aliphatic carbocycles. The lowest BCUT2D eigenvalue weighted by atomic mass is 9.81. The number of halogens is 2. The number of benzene rings is 1. The molecular formula is C14H19BrClNO. The molecule has 100 valence electrons. The van der Waals surface area contributed by atoms with E-state index < -0.39 is 0 Å². The van der Waals surface area contributed by atoms with Crippen molar-refractivity contribution in [1.82, 2.24) is 5.32 Å². The van der Waals surface area contributed by atoms with Gasteiger partial charge in [0.2, 0.25) is 0 Å². The summed E-state index contributed by atoms with van der Waals surface area (Å²) in [4.78, 5) is 12.1. The summed E-state index contributed by atoms with van der Waals surface area (Å²) in [5.41, 5.74) is 0.688. The van der Waals surface area contributed by atoms with E-state index in [1.54, 1.807) is 18.2 Å². The molecule has 0 spiro atoms. The molecular weight excluding hydrogens is 314 g/mol. The molecule has 0 atom stereocenters. The van der Waals surface area contributed by atoms with Crippen molar-refractivity contribution in [3.63, 3.8) is 0 Å². The van der Waals surface area contributed by atoms with Crippen LogP contribution in [0.3, 0.4) is 0 Å². The molecule has 1 rings (SSSR count). The molecule has 0 unspecified atom stereocenters. The van der Waals surface area contributed by atoms with Crippen molar-refractivity contribution in [2.75, 3.05) is 6.54 Å². The van der Waals surface area contributed by atoms with E-state index in [-0.39, 0.29) is 11.3 Å². The minimum atomic E-state index is -0.0766. The summed E-state index contributed by atoms with van der Waals surface area (Å²) in [5, 5.41) is 3.58. The maximum atomic E-state index is 12.1. The maximum Gasteiger partial charge on any atom is 0.252 e. The third kappa shape index (κ3) is 3.99. The monoisotopic (exact) mass is 331 g/mol. The molecule has 1 N–H and O–H groups in total. The highest BCUT2D eigenvalue weighted by Crippen LogP contribution is 2.25. The van der Waals surface area contributed by atoms with Crippen LogP contribution in [0.15, 0.2) is 22.7 Å². The Morgan fingerprint density at radius 3 is 2.56 bits per heavy atom. The van der Waals surface area contributed by atoms with Gasteiger partial charge in [0.05, 0.1) is 5.56 Å². The van der Waals surface area contributed by atoms with E-state index in [0.717, 1.165) is 4.47 Å². The lowest BCUT2D eigenvalue weighted by molar-refractivity contribution is 0.0924. The van der Waals surface area contributed by atoms with E-state index in [9.17, 15) is 4.79 Å². The highest BCUT2D eigenvalue weighted by molar-refractivity contribution is 9.10. The van der Waals surface area contributed by atoms with Crippen LogP contribution >= 0.6 is 27.5 Å². The van der Waals surface area contributed by atoms with Crippen molar-refractivity contribution in [3.05, 3.63) is 33.3 Å². The van der Waals surface area contributed by atoms with Gasteiger partial charge in [-0.05, 0) is 45.5 Å². The molecule has 0 saturated carbocycles. The number of rotatable bonds is 4. The third-order valence-corrected chi connectivity index (χ3v) is 4.33. The van der Waals surface area contributed by atoms with Gasteiger partial charge in [-0.3, -0.25) is 4.79 Å². The Bertz CT molecular complexity index is 443. The molecule has 0 aliphatic rings. The van der Waals surface area contributed by atoms with Gasteiger partial charge in [0.15, 0.2) is 0 Å². The molecule has 0 bridgehead atoms. The number of hydrogen-bond donors (Lipinski definition) is 1. The molecule has 0 heterocycles. The van der Waals surface area contributed by atoms with Gasteiger partial charge in [-0.1, -0.05) is 39.3 Å². The Balaban J connectivity index is 2.72. The van der Waals surface area contributed by atoms with Crippen LogP contribution in [0.25, 0.3) is 0 Å². The SMILES string of the molecule is CC(C)C(C)(C)CNC(=O)c1ccc(Cl)cc1Br. The Morgan fingerprint density at radius 2 is 2.06 bits per heavy atom. The van der Waals surface area contributed by atoms with E-state index in [1.807, 2.05) is 0 Å². The minimum Gasteiger partial charge on any atom is -0.351 e. The molecule has 4 heteroatoms. The molecule has 0 aliphatic heterocycles. The largest absolute Gasteiger partial charge is 0.351 e. The van der Waals surface area contributed by atoms with Crippen LogP contribution < -0.4 is 5.32 Å². The number of carbonyl (C=O) groups excluding carboxylic acids is 1. The molecule has 1 amide bonds. The van der Waals surface area contributed by atoms with Gasteiger partial charge in [0, 0.05) is 16.0 Å². The fraction of sp³-hybridized carbons (Fsp3) is 0.500. The maximum absolute atomic E-state index is 12.1. The lowest BCUT2D eigenvalue weighted by Gasteiger charge is -2.29. The first-order valence-electron chi connectivity index (χ1n) is 5.97. The van der Waals surface area contributed by atoms with E-state index in [0.29, 0.717) is 23.0 Å². The van der Waals surface area contributed by atoms with E-state index in [4.69, 9.17) is 11.6 Å². The first-order chi connectivity index (χ1) is 8.24. The number of hydrogen-bond acceptors (Lipinski definition) is 1. The first kappa shape index (κ1) is 15.5. The Hall–Kier alpha value is -0.540. The molecule has 2 nitrogen and oxygen atoms in total. The molecule has 1 aromatic rings. The van der Waals surface area contributed by atoms with Crippen LogP contribution in [-0.2, 0) is 0 Å². The van der Waals surface area contributed by atoms with Gasteiger partial charge < -0.3 is 5.32 Å². The van der Waals surface area contributed by atoms with Crippen LogP contribution in [0.4, 0.5) is 0 Å². The van der Waals surface area contributed by atoms with Crippen LogP contribution in [0.1, 0.15) is 38.1 Å². The first-order valence-corrected chi connectivity index (χ1v) is 7.14. The second-order valence-corrected chi connectivity index (χ2v) is 6.74. The zero-order chi connectivity index (χ0) is 13.9. The Labute approximate surface area is 122 Å². The molecule has 0 saturated heterocycles. The van der Waals surface area contributed by atoms with Gasteiger partial charge >= 0.3 is 0 Å². The fourth-order valence-corrected chi connectivity index (χ4v) is 2.14. The number of carbonyl (C=O) groups is 1. The zero-order valence-corrected chi connectivity index (χ0v) is 13.5. The van der Waals surface area contributed by atoms with Crippen LogP contribution in [0.5, 0.6) is 0 Å². The van der Waals surface area contributed by atoms with Crippen molar-refractivity contribution in [2.24, 2.45) is 11.3 Å². The summed E-state index contributed by atoms with van der Waals surface area (Å²) in [5.74, 6) is 0.429. The highest BCUT2D eigenvalue weighted by Gasteiger charge is 2.23. The molecule has 18 heavy (non-hydrogen) atoms.